The molecule has 0 saturated carbocycles. The number of likely N-dealkylation sites (tertiary alicyclic amines) is 1. The zero-order chi connectivity index (χ0) is 34.2. The Bertz CT molecular complexity index is 1760. The first kappa shape index (κ1) is 34.6. The molecule has 3 aromatic carbocycles. The molecule has 3 heterocycles. The summed E-state index contributed by atoms with van der Waals surface area (Å²) in [6.07, 6.45) is 4.87. The van der Waals surface area contributed by atoms with E-state index in [9.17, 15) is 19.5 Å². The number of carboxylic acids is 1. The number of ether oxygens (including phenoxy) is 2. The van der Waals surface area contributed by atoms with E-state index < -0.39 is 12.3 Å². The summed E-state index contributed by atoms with van der Waals surface area (Å²) < 4.78 is 15.1. The number of para-hydroxylation sites is 2. The van der Waals surface area contributed by atoms with E-state index >= 15 is 0 Å². The molecule has 2 aliphatic rings. The van der Waals surface area contributed by atoms with Gasteiger partial charge >= 0.3 is 11.7 Å². The molecule has 2 saturated heterocycles. The number of carbonyl (C=O) groups excluding carboxylic acids is 1. The van der Waals surface area contributed by atoms with Crippen LogP contribution in [-0.2, 0) is 25.7 Å². The number of piperidine rings is 1. The standard InChI is InChI=1S/C38H46N4O7/c43-25-26-14-16-27(17-15-26)34-23-31(24-41-20-18-30(19-21-41)42-33-11-6-5-10-32(33)40-38(42)47)48-37(49-34)28-8-7-9-29(22-28)39-35(44)12-3-1-2-4-13-36(45)46/h5-11,14-17,22,30-31,34,37,43H,1-4,12-13,18-21,23-25H2,(H,39,44)(H,40,47)(H,45,46). The number of fused-ring (bicyclic) bond motifs is 1. The van der Waals surface area contributed by atoms with E-state index in [1.54, 1.807) is 0 Å². The minimum absolute atomic E-state index is 0.0238. The summed E-state index contributed by atoms with van der Waals surface area (Å²) in [4.78, 5) is 41.6. The highest BCUT2D eigenvalue weighted by atomic mass is 16.7. The number of nitrogens with zero attached hydrogens (tertiary/aromatic N) is 2. The van der Waals surface area contributed by atoms with Crippen LogP contribution in [-0.4, -0.2) is 62.3 Å². The molecule has 3 unspecified atom stereocenters. The predicted molar refractivity (Wildman–Crippen MR) is 186 cm³/mol. The van der Waals surface area contributed by atoms with E-state index in [-0.39, 0.29) is 42.9 Å². The second kappa shape index (κ2) is 16.4. The number of imidazole rings is 1. The fourth-order valence-corrected chi connectivity index (χ4v) is 7.02. The number of hydrogen-bond donors (Lipinski definition) is 4. The average molecular weight is 671 g/mol. The number of amides is 1. The maximum atomic E-state index is 12.8. The third-order valence-corrected chi connectivity index (χ3v) is 9.61. The van der Waals surface area contributed by atoms with Crippen LogP contribution in [0.15, 0.2) is 77.6 Å². The third kappa shape index (κ3) is 9.04. The molecule has 260 valence electrons. The molecule has 0 radical (unpaired) electrons. The number of benzene rings is 3. The van der Waals surface area contributed by atoms with Gasteiger partial charge in [-0.2, -0.15) is 0 Å². The fraction of sp³-hybridized carbons (Fsp3) is 0.447. The SMILES string of the molecule is O=C(O)CCCCCCC(=O)Nc1cccc(C2OC(CN3CCC(n4c(=O)[nH]c5ccccc54)CC3)CC(c3ccc(CO)cc3)O2)c1. The highest BCUT2D eigenvalue weighted by molar-refractivity contribution is 5.90. The van der Waals surface area contributed by atoms with Crippen LogP contribution in [0.3, 0.4) is 0 Å². The Morgan fingerprint density at radius 2 is 1.63 bits per heavy atom. The number of anilines is 1. The summed E-state index contributed by atoms with van der Waals surface area (Å²) in [7, 11) is 0. The molecule has 1 amide bonds. The third-order valence-electron chi connectivity index (χ3n) is 9.61. The number of carboxylic acid groups (broad SMARTS) is 1. The summed E-state index contributed by atoms with van der Waals surface area (Å²) in [5.74, 6) is -0.874. The molecule has 0 spiro atoms. The van der Waals surface area contributed by atoms with Gasteiger partial charge in [-0.05, 0) is 61.1 Å². The molecule has 11 nitrogen and oxygen atoms in total. The van der Waals surface area contributed by atoms with Crippen molar-refractivity contribution in [1.82, 2.24) is 14.5 Å². The summed E-state index contributed by atoms with van der Waals surface area (Å²) >= 11 is 0. The molecule has 3 atom stereocenters. The molecule has 4 N–H and O–H groups in total. The summed E-state index contributed by atoms with van der Waals surface area (Å²) in [6.45, 7) is 2.39. The number of carbonyl (C=O) groups is 2. The lowest BCUT2D eigenvalue weighted by Crippen LogP contribution is -2.43. The van der Waals surface area contributed by atoms with Crippen LogP contribution in [0, 0.1) is 0 Å². The number of aliphatic hydroxyl groups excluding tert-OH is 1. The summed E-state index contributed by atoms with van der Waals surface area (Å²) in [5, 5.41) is 21.3. The fourth-order valence-electron chi connectivity index (χ4n) is 7.02. The molecule has 0 bridgehead atoms. The van der Waals surface area contributed by atoms with Crippen molar-refractivity contribution in [3.63, 3.8) is 0 Å². The highest BCUT2D eigenvalue weighted by Crippen LogP contribution is 2.39. The molecule has 11 heteroatoms. The van der Waals surface area contributed by atoms with Gasteiger partial charge in [0.15, 0.2) is 6.29 Å². The second-order valence-corrected chi connectivity index (χ2v) is 13.2. The Balaban J connectivity index is 1.10. The summed E-state index contributed by atoms with van der Waals surface area (Å²) in [5.41, 5.74) is 5.08. The highest BCUT2D eigenvalue weighted by Gasteiger charge is 2.34. The molecule has 0 aliphatic carbocycles. The molecular formula is C38H46N4O7. The van der Waals surface area contributed by atoms with E-state index in [0.29, 0.717) is 31.4 Å². The lowest BCUT2D eigenvalue weighted by molar-refractivity contribution is -0.253. The van der Waals surface area contributed by atoms with Gasteiger partial charge in [-0.3, -0.25) is 14.2 Å². The van der Waals surface area contributed by atoms with Gasteiger partial charge in [0.2, 0.25) is 5.91 Å². The van der Waals surface area contributed by atoms with Crippen molar-refractivity contribution in [2.75, 3.05) is 25.0 Å². The lowest BCUT2D eigenvalue weighted by Gasteiger charge is -2.40. The first-order valence-corrected chi connectivity index (χ1v) is 17.4. The van der Waals surface area contributed by atoms with E-state index in [4.69, 9.17) is 14.6 Å². The van der Waals surface area contributed by atoms with Crippen LogP contribution in [0.4, 0.5) is 5.69 Å². The minimum atomic E-state index is -0.790. The number of H-pyrrole nitrogens is 1. The molecule has 6 rings (SSSR count). The first-order chi connectivity index (χ1) is 23.9. The monoisotopic (exact) mass is 670 g/mol. The van der Waals surface area contributed by atoms with Crippen LogP contribution < -0.4 is 11.0 Å². The van der Waals surface area contributed by atoms with Crippen molar-refractivity contribution >= 4 is 28.6 Å². The largest absolute Gasteiger partial charge is 0.481 e. The summed E-state index contributed by atoms with van der Waals surface area (Å²) in [6, 6.07) is 23.4. The van der Waals surface area contributed by atoms with Crippen LogP contribution in [0.5, 0.6) is 0 Å². The number of nitrogens with one attached hydrogen (secondary N) is 2. The van der Waals surface area contributed by atoms with Crippen LogP contribution >= 0.6 is 0 Å². The van der Waals surface area contributed by atoms with Crippen LogP contribution in [0.2, 0.25) is 0 Å². The number of aliphatic carboxylic acids is 1. The maximum absolute atomic E-state index is 12.8. The van der Waals surface area contributed by atoms with E-state index in [0.717, 1.165) is 73.0 Å². The first-order valence-electron chi connectivity index (χ1n) is 17.4. The van der Waals surface area contributed by atoms with Crippen molar-refractivity contribution in [1.29, 1.82) is 0 Å². The van der Waals surface area contributed by atoms with Crippen molar-refractivity contribution < 1.29 is 29.3 Å². The number of aliphatic hydroxyl groups is 1. The number of rotatable bonds is 14. The topological polar surface area (TPSA) is 146 Å². The van der Waals surface area contributed by atoms with Gasteiger partial charge in [-0.1, -0.05) is 61.4 Å². The van der Waals surface area contributed by atoms with Gasteiger partial charge in [0.25, 0.3) is 0 Å². The van der Waals surface area contributed by atoms with Gasteiger partial charge in [-0.15, -0.1) is 0 Å². The van der Waals surface area contributed by atoms with Crippen molar-refractivity contribution in [3.8, 4) is 0 Å². The average Bonchev–Trinajstić information content (AvgIpc) is 3.45. The molecule has 2 fully saturated rings. The number of hydrogen-bond acceptors (Lipinski definition) is 7. The van der Waals surface area contributed by atoms with E-state index in [1.807, 2.05) is 77.4 Å². The Hall–Kier alpha value is -4.29. The predicted octanol–water partition coefficient (Wildman–Crippen LogP) is 6.07. The van der Waals surface area contributed by atoms with Gasteiger partial charge in [-0.25, -0.2) is 4.79 Å². The van der Waals surface area contributed by atoms with E-state index in [1.165, 1.54) is 0 Å². The van der Waals surface area contributed by atoms with Crippen molar-refractivity contribution in [2.45, 2.75) is 88.9 Å². The quantitative estimate of drug-likeness (QED) is 0.118. The molecule has 2 aliphatic heterocycles. The van der Waals surface area contributed by atoms with Crippen molar-refractivity contribution in [2.24, 2.45) is 0 Å². The molecule has 49 heavy (non-hydrogen) atoms. The Morgan fingerprint density at radius 1 is 0.878 bits per heavy atom. The van der Waals surface area contributed by atoms with Gasteiger partial charge < -0.3 is 34.9 Å². The minimum Gasteiger partial charge on any atom is -0.481 e. The van der Waals surface area contributed by atoms with Crippen LogP contribution in [0.1, 0.15) is 92.9 Å². The Morgan fingerprint density at radius 3 is 2.39 bits per heavy atom. The molecule has 1 aromatic heterocycles. The zero-order valence-corrected chi connectivity index (χ0v) is 27.8. The Labute approximate surface area is 285 Å². The van der Waals surface area contributed by atoms with Crippen LogP contribution in [0.25, 0.3) is 11.0 Å². The lowest BCUT2D eigenvalue weighted by atomic mass is 9.98. The van der Waals surface area contributed by atoms with Gasteiger partial charge in [0.1, 0.15) is 0 Å². The maximum Gasteiger partial charge on any atom is 0.326 e. The second-order valence-electron chi connectivity index (χ2n) is 13.2. The van der Waals surface area contributed by atoms with Crippen molar-refractivity contribution in [3.05, 3.63) is 100.0 Å². The number of aromatic amines is 1. The number of unbranched alkanes of at least 4 members (excludes halogenated alkanes) is 3. The number of aromatic nitrogens is 2. The van der Waals surface area contributed by atoms with Gasteiger partial charge in [0.05, 0.1) is 29.8 Å². The van der Waals surface area contributed by atoms with Gasteiger partial charge in [0, 0.05) is 56.2 Å². The Kier molecular flexibility index (Phi) is 11.6. The van der Waals surface area contributed by atoms with E-state index in [2.05, 4.69) is 15.2 Å². The smallest absolute Gasteiger partial charge is 0.326 e. The zero-order valence-electron chi connectivity index (χ0n) is 27.8. The molecular weight excluding hydrogens is 624 g/mol. The molecule has 4 aromatic rings. The normalized spacial score (nSPS) is 20.4.